The largest absolute Gasteiger partial charge is 0.493 e. The molecule has 4 heterocycles. The number of fused-ring (bicyclic) bond motifs is 2. The summed E-state index contributed by atoms with van der Waals surface area (Å²) in [5.74, 6) is 3.39. The summed E-state index contributed by atoms with van der Waals surface area (Å²) < 4.78 is 17.3. The highest BCUT2D eigenvalue weighted by molar-refractivity contribution is 5.79. The first kappa shape index (κ1) is 17.4. The lowest BCUT2D eigenvalue weighted by Crippen LogP contribution is -2.43. The van der Waals surface area contributed by atoms with Gasteiger partial charge < -0.3 is 19.1 Å². The molecule has 0 aliphatic carbocycles. The first-order valence-electron chi connectivity index (χ1n) is 10.6. The fraction of sp³-hybridized carbons (Fsp3) is 0.682. The van der Waals surface area contributed by atoms with Gasteiger partial charge in [-0.3, -0.25) is 4.79 Å². The third-order valence-electron chi connectivity index (χ3n) is 6.75. The van der Waals surface area contributed by atoms with E-state index in [-0.39, 0.29) is 5.92 Å². The maximum absolute atomic E-state index is 12.8. The number of rotatable bonds is 3. The minimum absolute atomic E-state index is 0.182. The smallest absolute Gasteiger partial charge is 0.225 e. The van der Waals surface area contributed by atoms with Gasteiger partial charge in [0.15, 0.2) is 0 Å². The molecule has 5 heteroatoms. The van der Waals surface area contributed by atoms with Crippen LogP contribution >= 0.6 is 0 Å². The first-order chi connectivity index (χ1) is 13.3. The molecule has 0 unspecified atom stereocenters. The van der Waals surface area contributed by atoms with Crippen molar-refractivity contribution in [1.82, 2.24) is 4.90 Å². The highest BCUT2D eigenvalue weighted by Gasteiger charge is 2.32. The molecular weight excluding hydrogens is 342 g/mol. The van der Waals surface area contributed by atoms with Crippen molar-refractivity contribution in [2.75, 3.05) is 39.5 Å². The molecule has 27 heavy (non-hydrogen) atoms. The zero-order chi connectivity index (χ0) is 18.2. The van der Waals surface area contributed by atoms with Crippen molar-refractivity contribution >= 4 is 5.91 Å². The van der Waals surface area contributed by atoms with Crippen LogP contribution in [-0.4, -0.2) is 50.3 Å². The summed E-state index contributed by atoms with van der Waals surface area (Å²) in [4.78, 5) is 14.9. The first-order valence-corrected chi connectivity index (χ1v) is 10.6. The highest BCUT2D eigenvalue weighted by Crippen LogP contribution is 2.42. The van der Waals surface area contributed by atoms with Crippen molar-refractivity contribution in [3.05, 3.63) is 22.8 Å². The van der Waals surface area contributed by atoms with Gasteiger partial charge in [0, 0.05) is 61.8 Å². The molecule has 0 radical (unpaired) electrons. The Kier molecular flexibility index (Phi) is 4.72. The van der Waals surface area contributed by atoms with E-state index in [1.54, 1.807) is 0 Å². The van der Waals surface area contributed by atoms with Crippen LogP contribution in [-0.2, 0) is 28.8 Å². The summed E-state index contributed by atoms with van der Waals surface area (Å²) in [6, 6.07) is 2.20. The van der Waals surface area contributed by atoms with E-state index in [9.17, 15) is 4.79 Å². The number of benzene rings is 1. The second-order valence-corrected chi connectivity index (χ2v) is 8.38. The summed E-state index contributed by atoms with van der Waals surface area (Å²) in [5, 5.41) is 0. The van der Waals surface area contributed by atoms with E-state index in [1.807, 2.05) is 0 Å². The zero-order valence-electron chi connectivity index (χ0n) is 16.0. The van der Waals surface area contributed by atoms with Crippen molar-refractivity contribution in [2.24, 2.45) is 11.8 Å². The molecular formula is C22H29NO4. The fourth-order valence-corrected chi connectivity index (χ4v) is 5.15. The average molecular weight is 371 g/mol. The van der Waals surface area contributed by atoms with Crippen molar-refractivity contribution in [1.29, 1.82) is 0 Å². The molecule has 0 atom stereocenters. The number of ether oxygens (including phenoxy) is 3. The van der Waals surface area contributed by atoms with Crippen LogP contribution in [0.2, 0.25) is 0 Å². The van der Waals surface area contributed by atoms with Crippen molar-refractivity contribution in [3.63, 3.8) is 0 Å². The minimum Gasteiger partial charge on any atom is -0.493 e. The number of amides is 1. The van der Waals surface area contributed by atoms with Gasteiger partial charge in [-0.25, -0.2) is 0 Å². The second kappa shape index (κ2) is 7.34. The van der Waals surface area contributed by atoms with Gasteiger partial charge in [-0.1, -0.05) is 0 Å². The number of hydrogen-bond donors (Lipinski definition) is 0. The van der Waals surface area contributed by atoms with Gasteiger partial charge in [0.05, 0.1) is 13.2 Å². The molecule has 5 rings (SSSR count). The molecule has 0 N–H and O–H groups in total. The summed E-state index contributed by atoms with van der Waals surface area (Å²) in [6.07, 6.45) is 7.02. The molecule has 0 spiro atoms. The van der Waals surface area contributed by atoms with Gasteiger partial charge >= 0.3 is 0 Å². The molecule has 2 saturated heterocycles. The molecule has 5 nitrogen and oxygen atoms in total. The zero-order valence-corrected chi connectivity index (χ0v) is 16.0. The van der Waals surface area contributed by atoms with Gasteiger partial charge in [0.2, 0.25) is 5.91 Å². The third kappa shape index (κ3) is 3.31. The van der Waals surface area contributed by atoms with Crippen LogP contribution in [0.15, 0.2) is 6.07 Å². The van der Waals surface area contributed by atoms with E-state index >= 15 is 0 Å². The van der Waals surface area contributed by atoms with E-state index in [0.29, 0.717) is 11.8 Å². The second-order valence-electron chi connectivity index (χ2n) is 8.38. The van der Waals surface area contributed by atoms with Gasteiger partial charge in [0.25, 0.3) is 0 Å². The lowest BCUT2D eigenvalue weighted by atomic mass is 9.86. The third-order valence-corrected chi connectivity index (χ3v) is 6.75. The number of hydrogen-bond acceptors (Lipinski definition) is 4. The van der Waals surface area contributed by atoms with Gasteiger partial charge in [-0.2, -0.15) is 0 Å². The van der Waals surface area contributed by atoms with E-state index < -0.39 is 0 Å². The van der Waals surface area contributed by atoms with Crippen molar-refractivity contribution < 1.29 is 19.0 Å². The standard InChI is InChI=1S/C22H29NO4/c24-22(16-3-9-25-10-4-16)23-7-1-15(2-8-23)13-19-18-6-12-26-20(18)14-17-5-11-27-21(17)19/h14-16H,1-13H2. The predicted octanol–water partition coefficient (Wildman–Crippen LogP) is 2.76. The van der Waals surface area contributed by atoms with Crippen LogP contribution in [0.25, 0.3) is 0 Å². The number of carbonyl (C=O) groups excluding carboxylic acids is 1. The minimum atomic E-state index is 0.182. The van der Waals surface area contributed by atoms with E-state index in [4.69, 9.17) is 14.2 Å². The summed E-state index contributed by atoms with van der Waals surface area (Å²) >= 11 is 0. The molecule has 4 aliphatic heterocycles. The molecule has 1 aromatic carbocycles. The molecule has 0 aromatic heterocycles. The Morgan fingerprint density at radius 1 is 1.00 bits per heavy atom. The number of likely N-dealkylation sites (tertiary alicyclic amines) is 1. The SMILES string of the molecule is O=C(C1CCOCC1)N1CCC(Cc2c3c(cc4c2OCC4)OCC3)CC1. The molecule has 1 aromatic rings. The van der Waals surface area contributed by atoms with Gasteiger partial charge in [0.1, 0.15) is 11.5 Å². The van der Waals surface area contributed by atoms with Gasteiger partial charge in [-0.15, -0.1) is 0 Å². The molecule has 0 bridgehead atoms. The fourth-order valence-electron chi connectivity index (χ4n) is 5.15. The quantitative estimate of drug-likeness (QED) is 0.820. The Morgan fingerprint density at radius 3 is 2.59 bits per heavy atom. The molecule has 0 saturated carbocycles. The number of piperidine rings is 1. The summed E-state index contributed by atoms with van der Waals surface area (Å²) in [6.45, 7) is 4.86. The van der Waals surface area contributed by atoms with Crippen LogP contribution in [0.1, 0.15) is 42.4 Å². The topological polar surface area (TPSA) is 48.0 Å². The van der Waals surface area contributed by atoms with Crippen molar-refractivity contribution in [2.45, 2.75) is 44.9 Å². The Morgan fingerprint density at radius 2 is 1.78 bits per heavy atom. The monoisotopic (exact) mass is 371 g/mol. The van der Waals surface area contributed by atoms with Gasteiger partial charge in [-0.05, 0) is 44.1 Å². The average Bonchev–Trinajstić information content (AvgIpc) is 3.38. The Balaban J connectivity index is 1.25. The van der Waals surface area contributed by atoms with Crippen LogP contribution in [0.5, 0.6) is 11.5 Å². The maximum Gasteiger partial charge on any atom is 0.225 e. The normalized spacial score (nSPS) is 22.9. The molecule has 2 fully saturated rings. The summed E-state index contributed by atoms with van der Waals surface area (Å²) in [5.41, 5.74) is 4.08. The maximum atomic E-state index is 12.8. The molecule has 146 valence electrons. The molecule has 4 aliphatic rings. The lowest BCUT2D eigenvalue weighted by Gasteiger charge is -2.35. The van der Waals surface area contributed by atoms with Crippen LogP contribution in [0, 0.1) is 11.8 Å². The van der Waals surface area contributed by atoms with E-state index in [1.165, 1.54) is 16.7 Å². The van der Waals surface area contributed by atoms with E-state index in [2.05, 4.69) is 11.0 Å². The van der Waals surface area contributed by atoms with Crippen LogP contribution < -0.4 is 9.47 Å². The Labute approximate surface area is 161 Å². The van der Waals surface area contributed by atoms with Crippen LogP contribution in [0.3, 0.4) is 0 Å². The Bertz CT molecular complexity index is 685. The highest BCUT2D eigenvalue weighted by atomic mass is 16.5. The number of carbonyl (C=O) groups is 1. The summed E-state index contributed by atoms with van der Waals surface area (Å²) in [7, 11) is 0. The van der Waals surface area contributed by atoms with E-state index in [0.717, 1.165) is 96.0 Å². The number of nitrogens with zero attached hydrogens (tertiary/aromatic N) is 1. The predicted molar refractivity (Wildman–Crippen MR) is 101 cm³/mol. The molecule has 1 amide bonds. The lowest BCUT2D eigenvalue weighted by molar-refractivity contribution is -0.139. The van der Waals surface area contributed by atoms with Crippen molar-refractivity contribution in [3.8, 4) is 11.5 Å². The van der Waals surface area contributed by atoms with Crippen LogP contribution in [0.4, 0.5) is 0 Å². The Hall–Kier alpha value is -1.75.